The zero-order valence-corrected chi connectivity index (χ0v) is 25.7. The molecule has 5 aromatic rings. The van der Waals surface area contributed by atoms with E-state index in [0.29, 0.717) is 0 Å². The summed E-state index contributed by atoms with van der Waals surface area (Å²) in [5.74, 6) is -11.4. The average molecular weight is 740 g/mol. The zero-order chi connectivity index (χ0) is 32.2. The van der Waals surface area contributed by atoms with Gasteiger partial charge in [-0.3, -0.25) is 0 Å². The molecule has 44 heavy (non-hydrogen) atoms. The Hall–Kier alpha value is -3.25. The van der Waals surface area contributed by atoms with Crippen molar-refractivity contribution < 1.29 is 44.0 Å². The van der Waals surface area contributed by atoms with Crippen LogP contribution in [-0.2, 0) is 16.6 Å². The predicted molar refractivity (Wildman–Crippen MR) is 152 cm³/mol. The molecule has 0 bridgehead atoms. The van der Waals surface area contributed by atoms with E-state index >= 15 is 8.78 Å². The summed E-state index contributed by atoms with van der Waals surface area (Å²) in [7, 11) is -8.87. The number of fused-ring (bicyclic) bond motifs is 1. The number of aromatic nitrogens is 4. The van der Waals surface area contributed by atoms with Gasteiger partial charge in [-0.15, -0.1) is 0 Å². The number of benzene rings is 3. The first-order chi connectivity index (χ1) is 20.6. The number of halogens is 5. The van der Waals surface area contributed by atoms with Crippen molar-refractivity contribution in [2.45, 2.75) is 16.3 Å². The Morgan fingerprint density at radius 3 is 2.00 bits per heavy atom. The molecule has 0 fully saturated rings. The summed E-state index contributed by atoms with van der Waals surface area (Å²) in [6.07, 6.45) is 1.20. The molecule has 5 N–H and O–H groups in total. The molecular weight excluding hydrogens is 723 g/mol. The summed E-state index contributed by atoms with van der Waals surface area (Å²) >= 11 is 2.50. The van der Waals surface area contributed by atoms with E-state index in [9.17, 15) is 40.0 Å². The van der Waals surface area contributed by atoms with Gasteiger partial charge in [0.2, 0.25) is 0 Å². The molecule has 0 aliphatic rings. The fourth-order valence-corrected chi connectivity index (χ4v) is 11.2. The van der Waals surface area contributed by atoms with Crippen LogP contribution in [0.4, 0.5) is 22.0 Å². The van der Waals surface area contributed by atoms with Crippen molar-refractivity contribution in [1.29, 1.82) is 0 Å². The summed E-state index contributed by atoms with van der Waals surface area (Å²) in [4.78, 5) is 19.0. The Labute approximate surface area is 253 Å². The van der Waals surface area contributed by atoms with Crippen molar-refractivity contribution >= 4 is 63.2 Å². The van der Waals surface area contributed by atoms with Crippen molar-refractivity contribution in [2.75, 3.05) is 0 Å². The van der Waals surface area contributed by atoms with Crippen molar-refractivity contribution in [3.05, 3.63) is 106 Å². The molecule has 5 rings (SSSR count). The molecule has 0 saturated heterocycles. The first-order valence-electron chi connectivity index (χ1n) is 11.8. The number of nitrogens with one attached hydrogen (secondary N) is 2. The summed E-state index contributed by atoms with van der Waals surface area (Å²) in [6, 6.07) is 9.67. The Morgan fingerprint density at radius 2 is 1.41 bits per heavy atom. The number of rotatable bonds is 8. The van der Waals surface area contributed by atoms with Crippen LogP contribution in [0.1, 0.15) is 5.69 Å². The topological polar surface area (TPSA) is 170 Å². The fourth-order valence-electron chi connectivity index (χ4n) is 4.18. The predicted octanol–water partition coefficient (Wildman–Crippen LogP) is 2.55. The molecular formula is C24H17F5N5O6PS2Se. The molecule has 20 heteroatoms. The Balaban J connectivity index is 1.66. The van der Waals surface area contributed by atoms with E-state index in [4.69, 9.17) is 0 Å². The SMILES string of the molecule is O=c1cc(CNS(=O)(=O)c2cccc(P(=[Se])(c3cccc(S(O)(O)O)c3)c3c(F)c(F)c(F)c(F)c3F)c2)nc2nc[nH]n12. The second-order valence-electron chi connectivity index (χ2n) is 8.97. The number of aromatic amines is 1. The number of H-pyrrole nitrogens is 1. The van der Waals surface area contributed by atoms with Crippen molar-refractivity contribution in [2.24, 2.45) is 0 Å². The van der Waals surface area contributed by atoms with Gasteiger partial charge in [-0.25, -0.2) is 0 Å². The molecule has 1 atom stereocenters. The molecule has 0 aliphatic heterocycles. The maximum absolute atomic E-state index is 15.3. The van der Waals surface area contributed by atoms with Crippen LogP contribution in [0.5, 0.6) is 0 Å². The van der Waals surface area contributed by atoms with Crippen molar-refractivity contribution in [1.82, 2.24) is 24.3 Å². The molecule has 232 valence electrons. The Morgan fingerprint density at radius 1 is 0.864 bits per heavy atom. The second-order valence-corrected chi connectivity index (χ2v) is 18.4. The minimum absolute atomic E-state index is 0.00582. The molecule has 2 heterocycles. The molecule has 2 aromatic heterocycles. The van der Waals surface area contributed by atoms with Crippen LogP contribution >= 0.6 is 16.4 Å². The number of nitrogens with zero attached hydrogens (tertiary/aromatic N) is 3. The maximum atomic E-state index is 15.3. The zero-order valence-electron chi connectivity index (χ0n) is 21.5. The van der Waals surface area contributed by atoms with Crippen LogP contribution in [0.3, 0.4) is 0 Å². The van der Waals surface area contributed by atoms with Gasteiger partial charge in [0, 0.05) is 0 Å². The third-order valence-electron chi connectivity index (χ3n) is 6.25. The van der Waals surface area contributed by atoms with Gasteiger partial charge in [0.1, 0.15) is 0 Å². The third-order valence-corrected chi connectivity index (χ3v) is 15.4. The second kappa shape index (κ2) is 11.6. The van der Waals surface area contributed by atoms with E-state index in [0.717, 1.165) is 47.0 Å². The molecule has 0 aliphatic carbocycles. The van der Waals surface area contributed by atoms with Gasteiger partial charge in [0.05, 0.1) is 0 Å². The summed E-state index contributed by atoms with van der Waals surface area (Å²) in [6.45, 7) is -0.488. The summed E-state index contributed by atoms with van der Waals surface area (Å²) in [5.41, 5.74) is -4.76. The van der Waals surface area contributed by atoms with E-state index in [1.165, 1.54) is 18.5 Å². The Kier molecular flexibility index (Phi) is 8.47. The fraction of sp³-hybridized carbons (Fsp3) is 0.0417. The third kappa shape index (κ3) is 5.66. The van der Waals surface area contributed by atoms with Crippen molar-refractivity contribution in [3.8, 4) is 0 Å². The van der Waals surface area contributed by atoms with Gasteiger partial charge >= 0.3 is 254 Å². The standard InChI is InChI=1S/C24H17F5N5O6PS2Se/c25-18-19(26)21(28)23(22(29)20(18)27)41(44,14-4-2-6-16(9-14)43(38,39)40)13-3-1-5-15(8-13)42(36,37)32-10-12-7-17(35)34-24(33-12)30-11-31-34/h1-9,11,32,38-40H,10H2,(H,30,31,33). The first kappa shape index (κ1) is 32.2. The van der Waals surface area contributed by atoms with Crippen molar-refractivity contribution in [3.63, 3.8) is 0 Å². The minimum atomic E-state index is -4.47. The van der Waals surface area contributed by atoms with Gasteiger partial charge in [0.15, 0.2) is 0 Å². The molecule has 0 spiro atoms. The van der Waals surface area contributed by atoms with Gasteiger partial charge in [-0.05, 0) is 0 Å². The molecule has 0 radical (unpaired) electrons. The van der Waals surface area contributed by atoms with Gasteiger partial charge in [-0.2, -0.15) is 0 Å². The van der Waals surface area contributed by atoms with E-state index < -0.39 is 82.7 Å². The number of hydrogen-bond acceptors (Lipinski definition) is 8. The molecule has 11 nitrogen and oxygen atoms in total. The molecule has 3 aromatic carbocycles. The molecule has 0 saturated carbocycles. The van der Waals surface area contributed by atoms with Crippen LogP contribution in [-0.4, -0.2) is 56.8 Å². The van der Waals surface area contributed by atoms with Gasteiger partial charge < -0.3 is 0 Å². The van der Waals surface area contributed by atoms with Crippen LogP contribution in [0.25, 0.3) is 5.78 Å². The molecule has 1 unspecified atom stereocenters. The normalized spacial score (nSPS) is 14.1. The summed E-state index contributed by atoms with van der Waals surface area (Å²) < 4.78 is 133. The van der Waals surface area contributed by atoms with Crippen LogP contribution in [0, 0.1) is 29.1 Å². The first-order valence-corrected chi connectivity index (χ1v) is 18.8. The quantitative estimate of drug-likeness (QED) is 0.0532. The van der Waals surface area contributed by atoms with Crippen LogP contribution in [0.15, 0.2) is 75.5 Å². The van der Waals surface area contributed by atoms with E-state index in [-0.39, 0.29) is 22.1 Å². The van der Waals surface area contributed by atoms with Gasteiger partial charge in [0.25, 0.3) is 0 Å². The monoisotopic (exact) mass is 741 g/mol. The van der Waals surface area contributed by atoms with Crippen LogP contribution < -0.4 is 26.2 Å². The van der Waals surface area contributed by atoms with Crippen LogP contribution in [0.2, 0.25) is 0 Å². The van der Waals surface area contributed by atoms with Gasteiger partial charge in [-0.1, -0.05) is 0 Å². The Bertz CT molecular complexity index is 2150. The van der Waals surface area contributed by atoms with E-state index in [1.54, 1.807) is 0 Å². The summed E-state index contributed by atoms with van der Waals surface area (Å²) in [5, 5.41) is 0.712. The average Bonchev–Trinajstić information content (AvgIpc) is 3.47. The number of sulfonamides is 1. The molecule has 0 amide bonds. The number of hydrogen-bond donors (Lipinski definition) is 5. The van der Waals surface area contributed by atoms with E-state index in [2.05, 4.69) is 34.9 Å². The van der Waals surface area contributed by atoms with E-state index in [1.807, 2.05) is 0 Å².